The van der Waals surface area contributed by atoms with Gasteiger partial charge in [-0.1, -0.05) is 0 Å². The largest absolute Gasteiger partial charge is 0.388 e. The number of halogens is 1. The number of nitrogens with zero attached hydrogens (tertiary/aromatic N) is 4. The number of aliphatic hydroxyl groups is 1. The molecule has 0 aromatic carbocycles. The third kappa shape index (κ3) is 2.22. The molecular formula is C10H11FN4O. The number of rotatable bonds is 3. The van der Waals surface area contributed by atoms with Crippen molar-refractivity contribution < 1.29 is 9.50 Å². The fourth-order valence-electron chi connectivity index (χ4n) is 1.41. The van der Waals surface area contributed by atoms with Crippen LogP contribution in [0.4, 0.5) is 4.39 Å². The van der Waals surface area contributed by atoms with Crippen LogP contribution < -0.4 is 0 Å². The molecule has 0 fully saturated rings. The Morgan fingerprint density at radius 2 is 2.31 bits per heavy atom. The third-order valence-corrected chi connectivity index (χ3v) is 2.29. The second kappa shape index (κ2) is 4.36. The van der Waals surface area contributed by atoms with E-state index in [1.807, 2.05) is 0 Å². The molecule has 2 aromatic rings. The van der Waals surface area contributed by atoms with Gasteiger partial charge in [-0.25, -0.2) is 9.37 Å². The van der Waals surface area contributed by atoms with E-state index < -0.39 is 11.9 Å². The predicted molar refractivity (Wildman–Crippen MR) is 53.9 cm³/mol. The lowest BCUT2D eigenvalue weighted by Gasteiger charge is -2.09. The van der Waals surface area contributed by atoms with Crippen molar-refractivity contribution in [3.63, 3.8) is 0 Å². The number of aryl methyl sites for hydroxylation is 1. The van der Waals surface area contributed by atoms with Gasteiger partial charge in [0.2, 0.25) is 0 Å². The van der Waals surface area contributed by atoms with E-state index in [-0.39, 0.29) is 6.42 Å². The van der Waals surface area contributed by atoms with Crippen LogP contribution in [0.1, 0.15) is 17.5 Å². The summed E-state index contributed by atoms with van der Waals surface area (Å²) in [4.78, 5) is 7.66. The lowest BCUT2D eigenvalue weighted by atomic mass is 10.1. The van der Waals surface area contributed by atoms with Gasteiger partial charge in [0.15, 0.2) is 0 Å². The summed E-state index contributed by atoms with van der Waals surface area (Å²) in [6.07, 6.45) is 3.39. The Bertz CT molecular complexity index is 485. The van der Waals surface area contributed by atoms with Crippen LogP contribution >= 0.6 is 0 Å². The zero-order chi connectivity index (χ0) is 11.5. The summed E-state index contributed by atoms with van der Waals surface area (Å²) < 4.78 is 14.4. The van der Waals surface area contributed by atoms with Crippen LogP contribution in [0.15, 0.2) is 24.8 Å². The van der Waals surface area contributed by atoms with Crippen molar-refractivity contribution in [1.82, 2.24) is 19.7 Å². The lowest BCUT2D eigenvalue weighted by Crippen LogP contribution is -2.08. The maximum absolute atomic E-state index is 12.9. The van der Waals surface area contributed by atoms with Crippen molar-refractivity contribution in [1.29, 1.82) is 0 Å². The molecule has 0 saturated carbocycles. The van der Waals surface area contributed by atoms with Crippen LogP contribution in [0.5, 0.6) is 0 Å². The highest BCUT2D eigenvalue weighted by atomic mass is 19.1. The summed E-state index contributed by atoms with van der Waals surface area (Å²) in [6, 6.07) is 1.26. The average molecular weight is 222 g/mol. The van der Waals surface area contributed by atoms with E-state index in [0.29, 0.717) is 11.4 Å². The number of aliphatic hydroxyl groups excluding tert-OH is 1. The number of aromatic nitrogens is 4. The van der Waals surface area contributed by atoms with E-state index in [4.69, 9.17) is 0 Å². The second-order valence-corrected chi connectivity index (χ2v) is 3.46. The van der Waals surface area contributed by atoms with Crippen molar-refractivity contribution >= 4 is 0 Å². The molecule has 16 heavy (non-hydrogen) atoms. The lowest BCUT2D eigenvalue weighted by molar-refractivity contribution is 0.173. The van der Waals surface area contributed by atoms with E-state index in [9.17, 15) is 9.50 Å². The van der Waals surface area contributed by atoms with Crippen molar-refractivity contribution in [2.45, 2.75) is 12.5 Å². The average Bonchev–Trinajstić information content (AvgIpc) is 2.64. The van der Waals surface area contributed by atoms with Crippen LogP contribution in [0.25, 0.3) is 0 Å². The Kier molecular flexibility index (Phi) is 2.91. The molecule has 0 aliphatic rings. The van der Waals surface area contributed by atoms with Gasteiger partial charge in [-0.2, -0.15) is 5.10 Å². The fourth-order valence-corrected chi connectivity index (χ4v) is 1.41. The molecule has 0 aliphatic heterocycles. The topological polar surface area (TPSA) is 63.8 Å². The fraction of sp³-hybridized carbons (Fsp3) is 0.300. The smallest absolute Gasteiger partial charge is 0.141 e. The minimum atomic E-state index is -0.828. The van der Waals surface area contributed by atoms with Crippen LogP contribution in [-0.4, -0.2) is 24.9 Å². The Hall–Kier alpha value is -1.82. The summed E-state index contributed by atoms with van der Waals surface area (Å²) >= 11 is 0. The van der Waals surface area contributed by atoms with E-state index in [1.165, 1.54) is 18.6 Å². The molecule has 2 heterocycles. The number of hydrogen-bond donors (Lipinski definition) is 1. The zero-order valence-corrected chi connectivity index (χ0v) is 8.71. The van der Waals surface area contributed by atoms with Crippen LogP contribution in [0.2, 0.25) is 0 Å². The molecule has 2 aromatic heterocycles. The van der Waals surface area contributed by atoms with Crippen molar-refractivity contribution in [2.75, 3.05) is 0 Å². The van der Waals surface area contributed by atoms with Crippen LogP contribution in [0, 0.1) is 5.82 Å². The van der Waals surface area contributed by atoms with Gasteiger partial charge >= 0.3 is 0 Å². The third-order valence-electron chi connectivity index (χ3n) is 2.29. The van der Waals surface area contributed by atoms with E-state index in [2.05, 4.69) is 15.1 Å². The normalized spacial score (nSPS) is 12.7. The molecular weight excluding hydrogens is 211 g/mol. The second-order valence-electron chi connectivity index (χ2n) is 3.46. The summed E-state index contributed by atoms with van der Waals surface area (Å²) in [7, 11) is 1.74. The van der Waals surface area contributed by atoms with Gasteiger partial charge in [-0.3, -0.25) is 9.67 Å². The summed E-state index contributed by atoms with van der Waals surface area (Å²) in [6.45, 7) is 0. The first-order valence-corrected chi connectivity index (χ1v) is 4.78. The summed E-state index contributed by atoms with van der Waals surface area (Å²) in [5.41, 5.74) is 0.433. The molecule has 0 saturated heterocycles. The van der Waals surface area contributed by atoms with Gasteiger partial charge in [0, 0.05) is 25.2 Å². The standard InChI is InChI=1S/C10H11FN4O/c1-15-10(13-6-14-15)3-9(16)7-2-8(11)5-12-4-7/h2,4-6,9,16H,3H2,1H3. The molecule has 0 aliphatic carbocycles. The highest BCUT2D eigenvalue weighted by molar-refractivity contribution is 5.14. The van der Waals surface area contributed by atoms with Gasteiger partial charge in [-0.15, -0.1) is 0 Å². The van der Waals surface area contributed by atoms with Gasteiger partial charge in [0.1, 0.15) is 18.0 Å². The Morgan fingerprint density at radius 1 is 1.50 bits per heavy atom. The summed E-state index contributed by atoms with van der Waals surface area (Å²) in [5.74, 6) is 0.172. The predicted octanol–water partition coefficient (Wildman–Crippen LogP) is 0.625. The molecule has 6 heteroatoms. The number of hydrogen-bond acceptors (Lipinski definition) is 4. The Balaban J connectivity index is 2.14. The zero-order valence-electron chi connectivity index (χ0n) is 8.71. The molecule has 0 bridgehead atoms. The SMILES string of the molecule is Cn1ncnc1CC(O)c1cncc(F)c1. The summed E-state index contributed by atoms with van der Waals surface area (Å²) in [5, 5.41) is 13.7. The van der Waals surface area contributed by atoms with E-state index >= 15 is 0 Å². The van der Waals surface area contributed by atoms with Gasteiger partial charge in [0.05, 0.1) is 12.3 Å². The highest BCUT2D eigenvalue weighted by Crippen LogP contribution is 2.16. The molecule has 0 amide bonds. The highest BCUT2D eigenvalue weighted by Gasteiger charge is 2.12. The molecule has 2 rings (SSSR count). The minimum absolute atomic E-state index is 0.279. The molecule has 0 spiro atoms. The number of pyridine rings is 1. The van der Waals surface area contributed by atoms with E-state index in [0.717, 1.165) is 6.20 Å². The monoisotopic (exact) mass is 222 g/mol. The van der Waals surface area contributed by atoms with Crippen LogP contribution in [-0.2, 0) is 13.5 Å². The first kappa shape index (κ1) is 10.7. The molecule has 1 unspecified atom stereocenters. The molecule has 1 N–H and O–H groups in total. The Morgan fingerprint density at radius 3 is 2.94 bits per heavy atom. The first-order valence-electron chi connectivity index (χ1n) is 4.78. The van der Waals surface area contributed by atoms with Crippen molar-refractivity contribution in [2.24, 2.45) is 7.05 Å². The Labute approximate surface area is 91.6 Å². The van der Waals surface area contributed by atoms with Gasteiger partial charge in [-0.05, 0) is 6.07 Å². The molecule has 1 atom stereocenters. The minimum Gasteiger partial charge on any atom is -0.388 e. The van der Waals surface area contributed by atoms with Crippen LogP contribution in [0.3, 0.4) is 0 Å². The first-order chi connectivity index (χ1) is 7.66. The maximum atomic E-state index is 12.9. The quantitative estimate of drug-likeness (QED) is 0.827. The molecule has 5 nitrogen and oxygen atoms in total. The van der Waals surface area contributed by atoms with Crippen molar-refractivity contribution in [3.05, 3.63) is 42.0 Å². The van der Waals surface area contributed by atoms with Gasteiger partial charge < -0.3 is 5.11 Å². The molecule has 0 radical (unpaired) electrons. The molecule has 84 valence electrons. The maximum Gasteiger partial charge on any atom is 0.141 e. The van der Waals surface area contributed by atoms with Gasteiger partial charge in [0.25, 0.3) is 0 Å². The van der Waals surface area contributed by atoms with Crippen molar-refractivity contribution in [3.8, 4) is 0 Å². The van der Waals surface area contributed by atoms with E-state index in [1.54, 1.807) is 11.7 Å².